The number of halogens is 1. The lowest BCUT2D eigenvalue weighted by Crippen LogP contribution is -2.26. The summed E-state index contributed by atoms with van der Waals surface area (Å²) in [6.45, 7) is 7.51. The van der Waals surface area contributed by atoms with Gasteiger partial charge in [0.2, 0.25) is 0 Å². The third kappa shape index (κ3) is 4.05. The highest BCUT2D eigenvalue weighted by Crippen LogP contribution is 2.31. The molecule has 26 heavy (non-hydrogen) atoms. The minimum absolute atomic E-state index is 0.0916. The van der Waals surface area contributed by atoms with Crippen molar-refractivity contribution in [2.45, 2.75) is 39.2 Å². The summed E-state index contributed by atoms with van der Waals surface area (Å²) in [4.78, 5) is 12.3. The zero-order valence-corrected chi connectivity index (χ0v) is 15.5. The second kappa shape index (κ2) is 7.46. The molecule has 2 aromatic carbocycles. The molecule has 1 aliphatic heterocycles. The molecule has 0 saturated heterocycles. The monoisotopic (exact) mass is 356 g/mol. The van der Waals surface area contributed by atoms with Crippen LogP contribution in [0.4, 0.5) is 10.1 Å². The van der Waals surface area contributed by atoms with Crippen LogP contribution in [0.3, 0.4) is 0 Å². The molecule has 0 bridgehead atoms. The van der Waals surface area contributed by atoms with Gasteiger partial charge in [-0.3, -0.25) is 4.79 Å². The number of hydrogen-bond donors (Lipinski definition) is 2. The van der Waals surface area contributed by atoms with Crippen molar-refractivity contribution >= 4 is 11.6 Å². The topological polar surface area (TPSA) is 50.4 Å². The van der Waals surface area contributed by atoms with Crippen molar-refractivity contribution in [3.8, 4) is 5.75 Å². The quantitative estimate of drug-likeness (QED) is 0.876. The van der Waals surface area contributed by atoms with Crippen molar-refractivity contribution in [1.82, 2.24) is 5.32 Å². The first-order valence-corrected chi connectivity index (χ1v) is 8.89. The Labute approximate surface area is 153 Å². The average Bonchev–Trinajstić information content (AvgIpc) is 2.62. The van der Waals surface area contributed by atoms with Gasteiger partial charge >= 0.3 is 0 Å². The van der Waals surface area contributed by atoms with Crippen molar-refractivity contribution in [2.24, 2.45) is 0 Å². The van der Waals surface area contributed by atoms with Gasteiger partial charge in [0.05, 0.1) is 5.69 Å². The predicted molar refractivity (Wildman–Crippen MR) is 101 cm³/mol. The highest BCUT2D eigenvalue weighted by Gasteiger charge is 2.20. The van der Waals surface area contributed by atoms with Gasteiger partial charge in [-0.2, -0.15) is 0 Å². The molecule has 3 rings (SSSR count). The van der Waals surface area contributed by atoms with Gasteiger partial charge in [0.25, 0.3) is 5.91 Å². The van der Waals surface area contributed by atoms with Crippen LogP contribution in [0.25, 0.3) is 0 Å². The molecule has 1 heterocycles. The molecule has 0 aliphatic carbocycles. The van der Waals surface area contributed by atoms with Crippen LogP contribution in [0.1, 0.15) is 37.5 Å². The van der Waals surface area contributed by atoms with E-state index in [9.17, 15) is 9.18 Å². The molecular formula is C21H25FN2O2. The Hall–Kier alpha value is -2.40. The van der Waals surface area contributed by atoms with Crippen LogP contribution in [0.2, 0.25) is 0 Å². The second-order valence-electron chi connectivity index (χ2n) is 7.57. The van der Waals surface area contributed by atoms with E-state index in [-0.39, 0.29) is 29.4 Å². The van der Waals surface area contributed by atoms with Gasteiger partial charge in [-0.05, 0) is 47.2 Å². The minimum atomic E-state index is -0.374. The van der Waals surface area contributed by atoms with Crippen molar-refractivity contribution in [3.05, 3.63) is 58.9 Å². The molecule has 0 saturated carbocycles. The van der Waals surface area contributed by atoms with Crippen LogP contribution in [0.5, 0.6) is 5.75 Å². The van der Waals surface area contributed by atoms with Crippen LogP contribution in [-0.4, -0.2) is 19.1 Å². The van der Waals surface area contributed by atoms with E-state index in [1.165, 1.54) is 0 Å². The predicted octanol–water partition coefficient (Wildman–Crippen LogP) is 3.79. The number of para-hydroxylation sites is 1. The fourth-order valence-electron chi connectivity index (χ4n) is 3.17. The zero-order valence-electron chi connectivity index (χ0n) is 15.5. The first kappa shape index (κ1) is 18.4. The van der Waals surface area contributed by atoms with Gasteiger partial charge in [-0.25, -0.2) is 4.39 Å². The van der Waals surface area contributed by atoms with Gasteiger partial charge in [-0.1, -0.05) is 45.0 Å². The van der Waals surface area contributed by atoms with Crippen molar-refractivity contribution in [2.75, 3.05) is 18.5 Å². The van der Waals surface area contributed by atoms with Gasteiger partial charge in [-0.15, -0.1) is 0 Å². The Morgan fingerprint density at radius 3 is 2.77 bits per heavy atom. The average molecular weight is 356 g/mol. The van der Waals surface area contributed by atoms with E-state index < -0.39 is 0 Å². The summed E-state index contributed by atoms with van der Waals surface area (Å²) < 4.78 is 20.3. The highest BCUT2D eigenvalue weighted by atomic mass is 19.1. The van der Waals surface area contributed by atoms with E-state index >= 15 is 0 Å². The number of hydrogen-bond acceptors (Lipinski definition) is 3. The summed E-state index contributed by atoms with van der Waals surface area (Å²) in [7, 11) is 0. The molecule has 0 atom stereocenters. The maximum atomic E-state index is 14.6. The standard InChI is InChI=1S/C21H25FN2O2/c1-21(2,3)16-6-4-5-7-18(16)26-13-19(25)24-17-9-8-14-12-23-11-10-15(14)20(17)22/h4-9,23H,10-13H2,1-3H3,(H,24,25). The van der Waals surface area contributed by atoms with Gasteiger partial charge in [0, 0.05) is 6.54 Å². The van der Waals surface area contributed by atoms with E-state index in [4.69, 9.17) is 4.74 Å². The number of carbonyl (C=O) groups is 1. The van der Waals surface area contributed by atoms with E-state index in [1.54, 1.807) is 6.07 Å². The molecule has 2 aromatic rings. The lowest BCUT2D eigenvalue weighted by Gasteiger charge is -2.22. The molecule has 1 aliphatic rings. The summed E-state index contributed by atoms with van der Waals surface area (Å²) >= 11 is 0. The van der Waals surface area contributed by atoms with Gasteiger partial charge < -0.3 is 15.4 Å². The number of benzene rings is 2. The summed E-state index contributed by atoms with van der Waals surface area (Å²) in [5.74, 6) is -0.0407. The molecule has 4 nitrogen and oxygen atoms in total. The number of ether oxygens (including phenoxy) is 1. The minimum Gasteiger partial charge on any atom is -0.483 e. The smallest absolute Gasteiger partial charge is 0.262 e. The second-order valence-corrected chi connectivity index (χ2v) is 7.57. The van der Waals surface area contributed by atoms with E-state index in [0.717, 1.165) is 17.7 Å². The maximum Gasteiger partial charge on any atom is 0.262 e. The van der Waals surface area contributed by atoms with Gasteiger partial charge in [0.1, 0.15) is 11.6 Å². The number of carbonyl (C=O) groups excluding carboxylic acids is 1. The van der Waals surface area contributed by atoms with Crippen LogP contribution in [0, 0.1) is 5.82 Å². The normalized spacial score (nSPS) is 13.8. The molecule has 0 unspecified atom stereocenters. The van der Waals surface area contributed by atoms with Gasteiger partial charge in [0.15, 0.2) is 6.61 Å². The summed E-state index contributed by atoms with van der Waals surface area (Å²) in [5, 5.41) is 5.84. The number of anilines is 1. The fraction of sp³-hybridized carbons (Fsp3) is 0.381. The number of amides is 1. The molecule has 0 radical (unpaired) electrons. The number of fused-ring (bicyclic) bond motifs is 1. The molecule has 0 aromatic heterocycles. The fourth-order valence-corrected chi connectivity index (χ4v) is 3.17. The third-order valence-corrected chi connectivity index (χ3v) is 4.54. The summed E-state index contributed by atoms with van der Waals surface area (Å²) in [6.07, 6.45) is 0.625. The van der Waals surface area contributed by atoms with Crippen LogP contribution in [0.15, 0.2) is 36.4 Å². The largest absolute Gasteiger partial charge is 0.483 e. The summed E-state index contributed by atoms with van der Waals surface area (Å²) in [5.41, 5.74) is 2.78. The Kier molecular flexibility index (Phi) is 5.28. The van der Waals surface area contributed by atoms with Crippen molar-refractivity contribution in [1.29, 1.82) is 0 Å². The third-order valence-electron chi connectivity index (χ3n) is 4.54. The van der Waals surface area contributed by atoms with Crippen molar-refractivity contribution < 1.29 is 13.9 Å². The molecule has 0 fully saturated rings. The van der Waals surface area contributed by atoms with Crippen molar-refractivity contribution in [3.63, 3.8) is 0 Å². The van der Waals surface area contributed by atoms with Crippen LogP contribution in [-0.2, 0) is 23.2 Å². The molecule has 5 heteroatoms. The van der Waals surface area contributed by atoms with Crippen LogP contribution >= 0.6 is 0 Å². The van der Waals surface area contributed by atoms with E-state index in [0.29, 0.717) is 24.3 Å². The lowest BCUT2D eigenvalue weighted by molar-refractivity contribution is -0.118. The molecule has 0 spiro atoms. The van der Waals surface area contributed by atoms with E-state index in [2.05, 4.69) is 31.4 Å². The molecule has 2 N–H and O–H groups in total. The van der Waals surface area contributed by atoms with E-state index in [1.807, 2.05) is 30.3 Å². The Morgan fingerprint density at radius 1 is 1.23 bits per heavy atom. The first-order valence-electron chi connectivity index (χ1n) is 8.89. The molecular weight excluding hydrogens is 331 g/mol. The number of nitrogens with one attached hydrogen (secondary N) is 2. The Morgan fingerprint density at radius 2 is 2.00 bits per heavy atom. The number of rotatable bonds is 4. The highest BCUT2D eigenvalue weighted by molar-refractivity contribution is 5.92. The Bertz CT molecular complexity index is 812. The zero-order chi connectivity index (χ0) is 18.7. The lowest BCUT2D eigenvalue weighted by atomic mass is 9.86. The van der Waals surface area contributed by atoms with Crippen LogP contribution < -0.4 is 15.4 Å². The SMILES string of the molecule is CC(C)(C)c1ccccc1OCC(=O)Nc1ccc2c(c1F)CCNC2. The first-order chi connectivity index (χ1) is 12.4. The molecule has 1 amide bonds. The maximum absolute atomic E-state index is 14.6. The Balaban J connectivity index is 1.68. The summed E-state index contributed by atoms with van der Waals surface area (Å²) in [6, 6.07) is 11.1. The molecule has 138 valence electrons.